The molecule has 0 fully saturated rings. The van der Waals surface area contributed by atoms with Crippen molar-refractivity contribution in [1.29, 1.82) is 5.26 Å². The molecule has 0 aromatic heterocycles. The summed E-state index contributed by atoms with van der Waals surface area (Å²) >= 11 is 0. The van der Waals surface area contributed by atoms with Crippen LogP contribution in [0.25, 0.3) is 0 Å². The minimum Gasteiger partial charge on any atom is -0.507 e. The summed E-state index contributed by atoms with van der Waals surface area (Å²) in [5.41, 5.74) is 1.49. The van der Waals surface area contributed by atoms with Gasteiger partial charge in [0.05, 0.1) is 11.6 Å². The number of phenols is 1. The highest BCUT2D eigenvalue weighted by atomic mass is 16.3. The van der Waals surface area contributed by atoms with Crippen molar-refractivity contribution in [3.63, 3.8) is 0 Å². The number of nitrogens with one attached hydrogen (secondary N) is 1. The molecule has 0 aliphatic carbocycles. The molecule has 0 bridgehead atoms. The standard InChI is InChI=1S/C16H14N2O2/c1-11-6-5-9-13(15(11)19)16(20)18-14(10-17)12-7-3-2-4-8-12/h2-9,14,19H,1H3,(H,18,20). The number of nitriles is 1. The Kier molecular flexibility index (Phi) is 4.02. The first-order valence-corrected chi connectivity index (χ1v) is 6.17. The molecule has 100 valence electrons. The van der Waals surface area contributed by atoms with E-state index >= 15 is 0 Å². The number of hydrogen-bond acceptors (Lipinski definition) is 3. The molecule has 4 nitrogen and oxygen atoms in total. The summed E-state index contributed by atoms with van der Waals surface area (Å²) in [6.07, 6.45) is 0. The van der Waals surface area contributed by atoms with Crippen LogP contribution in [-0.2, 0) is 0 Å². The highest BCUT2D eigenvalue weighted by molar-refractivity contribution is 5.97. The third-order valence-corrected chi connectivity index (χ3v) is 3.02. The Balaban J connectivity index is 2.23. The predicted octanol–water partition coefficient (Wildman–Crippen LogP) is 2.70. The maximum atomic E-state index is 12.1. The number of carbonyl (C=O) groups excluding carboxylic acids is 1. The Morgan fingerprint density at radius 3 is 2.55 bits per heavy atom. The molecule has 0 saturated carbocycles. The average molecular weight is 266 g/mol. The Morgan fingerprint density at radius 1 is 1.20 bits per heavy atom. The second-order valence-electron chi connectivity index (χ2n) is 4.42. The van der Waals surface area contributed by atoms with Gasteiger partial charge >= 0.3 is 0 Å². The van der Waals surface area contributed by atoms with Crippen molar-refractivity contribution in [2.75, 3.05) is 0 Å². The van der Waals surface area contributed by atoms with Gasteiger partial charge in [-0.3, -0.25) is 4.79 Å². The van der Waals surface area contributed by atoms with E-state index in [1.165, 1.54) is 6.07 Å². The highest BCUT2D eigenvalue weighted by Gasteiger charge is 2.17. The molecular formula is C16H14N2O2. The van der Waals surface area contributed by atoms with Crippen molar-refractivity contribution >= 4 is 5.91 Å². The van der Waals surface area contributed by atoms with Crippen LogP contribution in [0.2, 0.25) is 0 Å². The third kappa shape index (κ3) is 2.78. The lowest BCUT2D eigenvalue weighted by atomic mass is 10.1. The number of aromatic hydroxyl groups is 1. The minimum atomic E-state index is -0.747. The van der Waals surface area contributed by atoms with Crippen LogP contribution in [-0.4, -0.2) is 11.0 Å². The van der Waals surface area contributed by atoms with Crippen LogP contribution in [0.15, 0.2) is 48.5 Å². The van der Waals surface area contributed by atoms with Crippen molar-refractivity contribution in [1.82, 2.24) is 5.32 Å². The Morgan fingerprint density at radius 2 is 1.90 bits per heavy atom. The van der Waals surface area contributed by atoms with E-state index in [0.29, 0.717) is 11.1 Å². The fourth-order valence-corrected chi connectivity index (χ4v) is 1.89. The van der Waals surface area contributed by atoms with Gasteiger partial charge in [0.1, 0.15) is 11.8 Å². The third-order valence-electron chi connectivity index (χ3n) is 3.02. The van der Waals surface area contributed by atoms with E-state index in [9.17, 15) is 15.2 Å². The zero-order valence-electron chi connectivity index (χ0n) is 11.0. The second-order valence-corrected chi connectivity index (χ2v) is 4.42. The molecule has 2 rings (SSSR count). The number of amides is 1. The van der Waals surface area contributed by atoms with Gasteiger partial charge in [0, 0.05) is 0 Å². The van der Waals surface area contributed by atoms with Crippen molar-refractivity contribution in [3.8, 4) is 11.8 Å². The SMILES string of the molecule is Cc1cccc(C(=O)NC(C#N)c2ccccc2)c1O. The lowest BCUT2D eigenvalue weighted by Gasteiger charge is -2.13. The molecule has 0 aliphatic heterocycles. The summed E-state index contributed by atoms with van der Waals surface area (Å²) < 4.78 is 0. The molecular weight excluding hydrogens is 252 g/mol. The number of carbonyl (C=O) groups is 1. The fourth-order valence-electron chi connectivity index (χ4n) is 1.89. The summed E-state index contributed by atoms with van der Waals surface area (Å²) in [7, 11) is 0. The predicted molar refractivity (Wildman–Crippen MR) is 75.1 cm³/mol. The summed E-state index contributed by atoms with van der Waals surface area (Å²) in [4.78, 5) is 12.1. The van der Waals surface area contributed by atoms with E-state index in [-0.39, 0.29) is 11.3 Å². The quantitative estimate of drug-likeness (QED) is 0.897. The van der Waals surface area contributed by atoms with Gasteiger partial charge in [0.15, 0.2) is 0 Å². The van der Waals surface area contributed by atoms with E-state index in [2.05, 4.69) is 5.32 Å². The molecule has 4 heteroatoms. The maximum absolute atomic E-state index is 12.1. The van der Waals surface area contributed by atoms with Crippen LogP contribution in [0.1, 0.15) is 27.5 Å². The molecule has 1 unspecified atom stereocenters. The first-order chi connectivity index (χ1) is 9.63. The summed E-state index contributed by atoms with van der Waals surface area (Å²) in [6.45, 7) is 1.71. The largest absolute Gasteiger partial charge is 0.507 e. The van der Waals surface area contributed by atoms with Crippen LogP contribution in [0.5, 0.6) is 5.75 Å². The van der Waals surface area contributed by atoms with E-state index in [1.54, 1.807) is 43.3 Å². The normalized spacial score (nSPS) is 11.4. The Hall–Kier alpha value is -2.80. The molecule has 1 amide bonds. The Bertz CT molecular complexity index is 660. The number of benzene rings is 2. The number of para-hydroxylation sites is 1. The molecule has 20 heavy (non-hydrogen) atoms. The number of hydrogen-bond donors (Lipinski definition) is 2. The lowest BCUT2D eigenvalue weighted by molar-refractivity contribution is 0.0942. The van der Waals surface area contributed by atoms with Gasteiger partial charge in [-0.05, 0) is 24.1 Å². The number of aryl methyl sites for hydroxylation is 1. The van der Waals surface area contributed by atoms with Gasteiger partial charge in [0.2, 0.25) is 0 Å². The summed E-state index contributed by atoms with van der Waals surface area (Å²) in [5.74, 6) is -0.531. The minimum absolute atomic E-state index is 0.0604. The van der Waals surface area contributed by atoms with Crippen molar-refractivity contribution in [2.24, 2.45) is 0 Å². The van der Waals surface area contributed by atoms with Crippen molar-refractivity contribution < 1.29 is 9.90 Å². The topological polar surface area (TPSA) is 73.1 Å². The summed E-state index contributed by atoms with van der Waals surface area (Å²) in [6, 6.07) is 15.2. The van der Waals surface area contributed by atoms with Crippen LogP contribution < -0.4 is 5.32 Å². The maximum Gasteiger partial charge on any atom is 0.256 e. The molecule has 0 spiro atoms. The van der Waals surface area contributed by atoms with Crippen LogP contribution >= 0.6 is 0 Å². The first-order valence-electron chi connectivity index (χ1n) is 6.17. The Labute approximate surface area is 117 Å². The van der Waals surface area contributed by atoms with Gasteiger partial charge in [0.25, 0.3) is 5.91 Å². The van der Waals surface area contributed by atoms with Gasteiger partial charge < -0.3 is 10.4 Å². The average Bonchev–Trinajstić information content (AvgIpc) is 2.48. The van der Waals surface area contributed by atoms with E-state index in [1.807, 2.05) is 12.1 Å². The summed E-state index contributed by atoms with van der Waals surface area (Å²) in [5, 5.41) is 21.7. The monoisotopic (exact) mass is 266 g/mol. The molecule has 0 aliphatic rings. The lowest BCUT2D eigenvalue weighted by Crippen LogP contribution is -2.27. The first kappa shape index (κ1) is 13.6. The number of rotatable bonds is 3. The van der Waals surface area contributed by atoms with Gasteiger partial charge in [-0.25, -0.2) is 0 Å². The van der Waals surface area contributed by atoms with Crippen LogP contribution in [0.3, 0.4) is 0 Å². The molecule has 2 aromatic carbocycles. The highest BCUT2D eigenvalue weighted by Crippen LogP contribution is 2.22. The number of nitrogens with zero attached hydrogens (tertiary/aromatic N) is 1. The van der Waals surface area contributed by atoms with E-state index in [0.717, 1.165) is 0 Å². The molecule has 1 atom stereocenters. The van der Waals surface area contributed by atoms with Crippen LogP contribution in [0.4, 0.5) is 0 Å². The van der Waals surface area contributed by atoms with Crippen molar-refractivity contribution in [2.45, 2.75) is 13.0 Å². The molecule has 0 saturated heterocycles. The second kappa shape index (κ2) is 5.89. The van der Waals surface area contributed by atoms with E-state index < -0.39 is 11.9 Å². The van der Waals surface area contributed by atoms with Gasteiger partial charge in [-0.1, -0.05) is 42.5 Å². The van der Waals surface area contributed by atoms with E-state index in [4.69, 9.17) is 0 Å². The van der Waals surface area contributed by atoms with Crippen LogP contribution in [0, 0.1) is 18.3 Å². The molecule has 2 aromatic rings. The molecule has 0 heterocycles. The molecule has 0 radical (unpaired) electrons. The van der Waals surface area contributed by atoms with Gasteiger partial charge in [-0.15, -0.1) is 0 Å². The fraction of sp³-hybridized carbons (Fsp3) is 0.125. The molecule has 2 N–H and O–H groups in total. The van der Waals surface area contributed by atoms with Gasteiger partial charge in [-0.2, -0.15) is 5.26 Å². The van der Waals surface area contributed by atoms with Crippen molar-refractivity contribution in [3.05, 3.63) is 65.2 Å². The number of phenolic OH excluding ortho intramolecular Hbond substituents is 1. The smallest absolute Gasteiger partial charge is 0.256 e. The zero-order valence-corrected chi connectivity index (χ0v) is 11.0. The zero-order chi connectivity index (χ0) is 14.5.